The van der Waals surface area contributed by atoms with Gasteiger partial charge in [0.05, 0.1) is 0 Å². The Morgan fingerprint density at radius 1 is 0.875 bits per heavy atom. The maximum absolute atomic E-state index is 3.01. The molecule has 2 aromatic carbocycles. The van der Waals surface area contributed by atoms with Crippen molar-refractivity contribution in [1.82, 2.24) is 9.80 Å². The average molecular weight is 425 g/mol. The Kier molecular flexibility index (Phi) is 3.80. The number of fused-ring (bicyclic) bond motifs is 1. The highest BCUT2D eigenvalue weighted by Gasteiger charge is 2.75. The second kappa shape index (κ2) is 6.48. The van der Waals surface area contributed by atoms with Crippen LogP contribution in [-0.4, -0.2) is 41.5 Å². The first kappa shape index (κ1) is 18.7. The molecule has 2 heteroatoms. The maximum atomic E-state index is 3.01. The van der Waals surface area contributed by atoms with Gasteiger partial charge in [0.1, 0.15) is 0 Å². The predicted molar refractivity (Wildman–Crippen MR) is 128 cm³/mol. The molecule has 2 heterocycles. The van der Waals surface area contributed by atoms with Gasteiger partial charge in [0, 0.05) is 37.1 Å². The van der Waals surface area contributed by atoms with Crippen LogP contribution >= 0.6 is 0 Å². The topological polar surface area (TPSA) is 6.48 Å². The first-order chi connectivity index (χ1) is 15.8. The van der Waals surface area contributed by atoms with E-state index < -0.39 is 0 Å². The van der Waals surface area contributed by atoms with E-state index in [2.05, 4.69) is 64.4 Å². The Morgan fingerprint density at radius 2 is 1.72 bits per heavy atom. The van der Waals surface area contributed by atoms with Gasteiger partial charge in [-0.25, -0.2) is 0 Å². The van der Waals surface area contributed by atoms with Crippen LogP contribution in [0.1, 0.15) is 55.2 Å². The molecule has 0 radical (unpaired) electrons. The third kappa shape index (κ3) is 2.29. The van der Waals surface area contributed by atoms with Crippen LogP contribution in [0.5, 0.6) is 0 Å². The monoisotopic (exact) mass is 424 g/mol. The van der Waals surface area contributed by atoms with Crippen molar-refractivity contribution in [1.29, 1.82) is 0 Å². The molecule has 2 aliphatic heterocycles. The number of benzene rings is 2. The number of likely N-dealkylation sites (tertiary alicyclic amines) is 2. The minimum atomic E-state index is 0.450. The van der Waals surface area contributed by atoms with Crippen LogP contribution in [0, 0.1) is 23.2 Å². The number of hydrogen-bond acceptors (Lipinski definition) is 2. The van der Waals surface area contributed by atoms with Gasteiger partial charge in [-0.2, -0.15) is 0 Å². The zero-order valence-corrected chi connectivity index (χ0v) is 19.3. The molecule has 0 aromatic heterocycles. The smallest absolute Gasteiger partial charge is 0.0236 e. The van der Waals surface area contributed by atoms with Crippen LogP contribution in [0.3, 0.4) is 0 Å². The summed E-state index contributed by atoms with van der Waals surface area (Å²) in [4.78, 5) is 5.92. The summed E-state index contributed by atoms with van der Waals surface area (Å²) in [6.45, 7) is 5.24. The third-order valence-corrected chi connectivity index (χ3v) is 11.0. The molecule has 0 spiro atoms. The fourth-order valence-corrected chi connectivity index (χ4v) is 10.0. The summed E-state index contributed by atoms with van der Waals surface area (Å²) in [5, 5.41) is 0. The van der Waals surface area contributed by atoms with Crippen molar-refractivity contribution in [3.63, 3.8) is 0 Å². The van der Waals surface area contributed by atoms with E-state index in [0.717, 1.165) is 36.4 Å². The van der Waals surface area contributed by atoms with Crippen LogP contribution in [0.15, 0.2) is 54.6 Å². The Labute approximate surface area is 193 Å². The van der Waals surface area contributed by atoms with Crippen LogP contribution < -0.4 is 0 Å². The van der Waals surface area contributed by atoms with Crippen LogP contribution in [-0.2, 0) is 18.4 Å². The van der Waals surface area contributed by atoms with Gasteiger partial charge in [0.15, 0.2) is 0 Å². The quantitative estimate of drug-likeness (QED) is 0.660. The van der Waals surface area contributed by atoms with Crippen molar-refractivity contribution >= 4 is 0 Å². The summed E-state index contributed by atoms with van der Waals surface area (Å²) in [5.41, 5.74) is 6.01. The predicted octanol–water partition coefficient (Wildman–Crippen LogP) is 5.27. The van der Waals surface area contributed by atoms with Gasteiger partial charge in [-0.3, -0.25) is 9.80 Å². The number of piperidine rings is 1. The van der Waals surface area contributed by atoms with E-state index in [1.54, 1.807) is 11.1 Å². The summed E-state index contributed by atoms with van der Waals surface area (Å²) < 4.78 is 0. The first-order valence-corrected chi connectivity index (χ1v) is 13.4. The molecule has 5 fully saturated rings. The normalized spacial score (nSPS) is 42.0. The molecule has 166 valence electrons. The molecule has 0 amide bonds. The molecule has 8 rings (SSSR count). The molecular weight excluding hydrogens is 388 g/mol. The second-order valence-electron chi connectivity index (χ2n) is 12.2. The standard InChI is InChI=1S/C30H36N2/c1-2-6-21(7-3-1)19-32-20-24-17-29-13-12-26(32)28(24)30(29)14-15-31(18-22-10-11-22)27(29)16-23-8-4-5-9-25(23)30/h1-9,22,24,26-28H,10-20H2/t24-,26?,27?,28?,29?,30?/m1/s1. The summed E-state index contributed by atoms with van der Waals surface area (Å²) in [7, 11) is 0. The summed E-state index contributed by atoms with van der Waals surface area (Å²) in [5.74, 6) is 2.79. The van der Waals surface area contributed by atoms with E-state index in [1.165, 1.54) is 70.1 Å². The van der Waals surface area contributed by atoms with Crippen molar-refractivity contribution in [2.45, 2.75) is 69.0 Å². The number of hydrogen-bond donors (Lipinski definition) is 0. The molecular formula is C30H36N2. The van der Waals surface area contributed by atoms with E-state index in [1.807, 2.05) is 0 Å². The average Bonchev–Trinajstić information content (AvgIpc) is 3.53. The van der Waals surface area contributed by atoms with Gasteiger partial charge < -0.3 is 0 Å². The molecule has 2 aromatic rings. The lowest BCUT2D eigenvalue weighted by Gasteiger charge is -2.66. The van der Waals surface area contributed by atoms with Crippen molar-refractivity contribution in [2.24, 2.45) is 23.2 Å². The third-order valence-electron chi connectivity index (χ3n) is 11.0. The highest BCUT2D eigenvalue weighted by atomic mass is 15.2. The van der Waals surface area contributed by atoms with Gasteiger partial charge >= 0.3 is 0 Å². The fraction of sp³-hybridized carbons (Fsp3) is 0.600. The molecule has 2 nitrogen and oxygen atoms in total. The lowest BCUT2D eigenvalue weighted by Crippen LogP contribution is -2.69. The Bertz CT molecular complexity index is 1040. The van der Waals surface area contributed by atoms with E-state index in [0.29, 0.717) is 10.8 Å². The van der Waals surface area contributed by atoms with Crippen molar-refractivity contribution in [3.8, 4) is 0 Å². The maximum Gasteiger partial charge on any atom is 0.0236 e. The Morgan fingerprint density at radius 3 is 2.59 bits per heavy atom. The SMILES string of the molecule is c1ccc(CN2C[C@H]3CC45CCC2C3C42CCN(CC3CC3)C5Cc3ccccc32)cc1. The molecule has 5 unspecified atom stereocenters. The Hall–Kier alpha value is -1.64. The van der Waals surface area contributed by atoms with E-state index in [4.69, 9.17) is 0 Å². The molecule has 2 saturated heterocycles. The number of rotatable bonds is 4. The zero-order chi connectivity index (χ0) is 20.9. The van der Waals surface area contributed by atoms with Crippen LogP contribution in [0.4, 0.5) is 0 Å². The van der Waals surface area contributed by atoms with Crippen molar-refractivity contribution in [3.05, 3.63) is 71.3 Å². The number of nitrogens with zero attached hydrogens (tertiary/aromatic N) is 2. The molecule has 3 saturated carbocycles. The molecule has 0 N–H and O–H groups in total. The van der Waals surface area contributed by atoms with Gasteiger partial charge in [-0.05, 0) is 91.3 Å². The molecule has 4 aliphatic carbocycles. The lowest BCUT2D eigenvalue weighted by atomic mass is 9.43. The van der Waals surface area contributed by atoms with Crippen LogP contribution in [0.25, 0.3) is 0 Å². The van der Waals surface area contributed by atoms with Crippen LogP contribution in [0.2, 0.25) is 0 Å². The van der Waals surface area contributed by atoms with Gasteiger partial charge in [-0.15, -0.1) is 0 Å². The molecule has 32 heavy (non-hydrogen) atoms. The minimum Gasteiger partial charge on any atom is -0.299 e. The largest absolute Gasteiger partial charge is 0.299 e. The first-order valence-electron chi connectivity index (χ1n) is 13.4. The van der Waals surface area contributed by atoms with E-state index in [9.17, 15) is 0 Å². The molecule has 6 aliphatic rings. The van der Waals surface area contributed by atoms with E-state index in [-0.39, 0.29) is 0 Å². The van der Waals surface area contributed by atoms with Crippen molar-refractivity contribution < 1.29 is 0 Å². The highest BCUT2D eigenvalue weighted by molar-refractivity contribution is 5.48. The van der Waals surface area contributed by atoms with Crippen molar-refractivity contribution in [2.75, 3.05) is 19.6 Å². The fourth-order valence-electron chi connectivity index (χ4n) is 10.0. The summed E-state index contributed by atoms with van der Waals surface area (Å²) in [6, 6.07) is 22.6. The van der Waals surface area contributed by atoms with E-state index >= 15 is 0 Å². The zero-order valence-electron chi connectivity index (χ0n) is 19.3. The summed E-state index contributed by atoms with van der Waals surface area (Å²) >= 11 is 0. The lowest BCUT2D eigenvalue weighted by molar-refractivity contribution is -0.105. The molecule has 6 atom stereocenters. The van der Waals surface area contributed by atoms with Gasteiger partial charge in [-0.1, -0.05) is 54.6 Å². The van der Waals surface area contributed by atoms with Gasteiger partial charge in [0.25, 0.3) is 0 Å². The molecule has 4 bridgehead atoms. The summed E-state index contributed by atoms with van der Waals surface area (Å²) in [6.07, 6.45) is 10.1. The Balaban J connectivity index is 1.23. The van der Waals surface area contributed by atoms with Gasteiger partial charge in [0.2, 0.25) is 0 Å². The minimum absolute atomic E-state index is 0.450. The second-order valence-corrected chi connectivity index (χ2v) is 12.2. The highest BCUT2D eigenvalue weighted by Crippen LogP contribution is 2.75.